The van der Waals surface area contributed by atoms with Gasteiger partial charge in [-0.1, -0.05) is 12.1 Å². The predicted octanol–water partition coefficient (Wildman–Crippen LogP) is 3.86. The second kappa shape index (κ2) is 7.85. The zero-order valence-corrected chi connectivity index (χ0v) is 16.0. The lowest BCUT2D eigenvalue weighted by Gasteiger charge is -2.45. The number of hydrogen-bond donors (Lipinski definition) is 1. The van der Waals surface area contributed by atoms with Crippen molar-refractivity contribution >= 4 is 5.71 Å². The highest BCUT2D eigenvalue weighted by Gasteiger charge is 2.57. The molecular weight excluding hydrogens is 352 g/mol. The van der Waals surface area contributed by atoms with Gasteiger partial charge in [-0.3, -0.25) is 0 Å². The highest BCUT2D eigenvalue weighted by Crippen LogP contribution is 2.55. The quantitative estimate of drug-likeness (QED) is 0.804. The average molecular weight is 374 g/mol. The van der Waals surface area contributed by atoms with Crippen LogP contribution < -0.4 is 4.74 Å². The molecule has 0 saturated heterocycles. The molecule has 1 fully saturated rings. The molecule has 0 unspecified atom stereocenters. The molecule has 0 amide bonds. The van der Waals surface area contributed by atoms with Crippen molar-refractivity contribution in [3.8, 4) is 24.0 Å². The summed E-state index contributed by atoms with van der Waals surface area (Å²) in [5.41, 5.74) is 0.725. The van der Waals surface area contributed by atoms with Crippen LogP contribution in [0.15, 0.2) is 29.8 Å². The van der Waals surface area contributed by atoms with E-state index in [2.05, 4.69) is 18.2 Å². The lowest BCUT2D eigenvalue weighted by atomic mass is 9.53. The summed E-state index contributed by atoms with van der Waals surface area (Å²) in [6, 6.07) is 12.0. The Bertz CT molecular complexity index is 931. The fraction of sp³-hybridized carbons (Fsp3) is 0.455. The van der Waals surface area contributed by atoms with Crippen LogP contribution in [-0.4, -0.2) is 19.9 Å². The van der Waals surface area contributed by atoms with E-state index in [-0.39, 0.29) is 11.6 Å². The van der Waals surface area contributed by atoms with Gasteiger partial charge in [-0.15, -0.1) is 0 Å². The molecule has 0 radical (unpaired) electrons. The summed E-state index contributed by atoms with van der Waals surface area (Å²) in [5, 5.41) is 38.3. The Labute approximate surface area is 165 Å². The van der Waals surface area contributed by atoms with Crippen LogP contribution in [0.1, 0.15) is 36.3 Å². The third kappa shape index (κ3) is 2.85. The molecule has 0 bridgehead atoms. The van der Waals surface area contributed by atoms with Crippen LogP contribution in [-0.2, 0) is 11.3 Å². The van der Waals surface area contributed by atoms with Crippen molar-refractivity contribution < 1.29 is 9.47 Å². The summed E-state index contributed by atoms with van der Waals surface area (Å²) in [6.07, 6.45) is 4.61. The van der Waals surface area contributed by atoms with Crippen molar-refractivity contribution in [1.82, 2.24) is 0 Å². The molecule has 0 aromatic heterocycles. The van der Waals surface area contributed by atoms with Gasteiger partial charge in [0.15, 0.2) is 5.41 Å². The van der Waals surface area contributed by atoms with Gasteiger partial charge in [0.25, 0.3) is 0 Å². The Hall–Kier alpha value is -3.14. The summed E-state index contributed by atoms with van der Waals surface area (Å²) >= 11 is 0. The molecule has 3 atom stereocenters. The Morgan fingerprint density at radius 2 is 1.96 bits per heavy atom. The number of allylic oxidation sites excluding steroid dienone is 2. The SMILES string of the molecule is COCc1cc([C@@H]2[C@@H]3CCCC=C3[C@@H](C#N)C(=N)C2(C#N)C#N)ccc1OC. The number of nitriles is 3. The van der Waals surface area contributed by atoms with Crippen molar-refractivity contribution in [1.29, 1.82) is 21.2 Å². The van der Waals surface area contributed by atoms with E-state index >= 15 is 0 Å². The fourth-order valence-corrected chi connectivity index (χ4v) is 4.65. The number of benzene rings is 1. The minimum atomic E-state index is -1.67. The van der Waals surface area contributed by atoms with Crippen LogP contribution in [0.5, 0.6) is 5.75 Å². The molecule has 1 N–H and O–H groups in total. The molecule has 0 heterocycles. The largest absolute Gasteiger partial charge is 0.496 e. The molecule has 6 heteroatoms. The van der Waals surface area contributed by atoms with Gasteiger partial charge >= 0.3 is 0 Å². The third-order valence-corrected chi connectivity index (χ3v) is 5.89. The van der Waals surface area contributed by atoms with Crippen LogP contribution in [0.4, 0.5) is 0 Å². The number of ether oxygens (including phenoxy) is 2. The summed E-state index contributed by atoms with van der Waals surface area (Å²) in [5.74, 6) is -0.758. The average Bonchev–Trinajstić information content (AvgIpc) is 2.73. The van der Waals surface area contributed by atoms with Crippen molar-refractivity contribution in [2.24, 2.45) is 17.3 Å². The molecule has 1 aromatic carbocycles. The molecule has 0 aliphatic heterocycles. The summed E-state index contributed by atoms with van der Waals surface area (Å²) in [4.78, 5) is 0. The number of hydrogen-bond acceptors (Lipinski definition) is 6. The van der Waals surface area contributed by atoms with Crippen molar-refractivity contribution in [2.75, 3.05) is 14.2 Å². The molecule has 6 nitrogen and oxygen atoms in total. The second-order valence-electron chi connectivity index (χ2n) is 7.23. The molecule has 2 aliphatic carbocycles. The number of nitrogens with zero attached hydrogens (tertiary/aromatic N) is 3. The zero-order chi connectivity index (χ0) is 20.3. The molecule has 2 aliphatic rings. The number of methoxy groups -OCH3 is 2. The van der Waals surface area contributed by atoms with Crippen molar-refractivity contribution in [2.45, 2.75) is 31.8 Å². The first-order valence-corrected chi connectivity index (χ1v) is 9.24. The van der Waals surface area contributed by atoms with Gasteiger partial charge in [0.05, 0.1) is 37.6 Å². The molecular formula is C22H22N4O2. The number of nitrogens with one attached hydrogen (secondary N) is 1. The maximum absolute atomic E-state index is 10.0. The van der Waals surface area contributed by atoms with Gasteiger partial charge in [0.2, 0.25) is 0 Å². The number of rotatable bonds is 4. The van der Waals surface area contributed by atoms with Gasteiger partial charge in [-0.05, 0) is 48.4 Å². The Morgan fingerprint density at radius 3 is 2.57 bits per heavy atom. The maximum atomic E-state index is 10.0. The smallest absolute Gasteiger partial charge is 0.189 e. The molecule has 3 rings (SSSR count). The van der Waals surface area contributed by atoms with Gasteiger partial charge in [0.1, 0.15) is 11.7 Å². The van der Waals surface area contributed by atoms with Crippen LogP contribution >= 0.6 is 0 Å². The van der Waals surface area contributed by atoms with E-state index in [4.69, 9.17) is 14.9 Å². The van der Waals surface area contributed by atoms with E-state index in [1.165, 1.54) is 0 Å². The fourth-order valence-electron chi connectivity index (χ4n) is 4.65. The Kier molecular flexibility index (Phi) is 5.50. The molecule has 142 valence electrons. The van der Waals surface area contributed by atoms with Crippen LogP contribution in [0.25, 0.3) is 0 Å². The minimum absolute atomic E-state index is 0.112. The minimum Gasteiger partial charge on any atom is -0.496 e. The third-order valence-electron chi connectivity index (χ3n) is 5.89. The van der Waals surface area contributed by atoms with Crippen LogP contribution in [0.2, 0.25) is 0 Å². The van der Waals surface area contributed by atoms with Gasteiger partial charge in [0, 0.05) is 18.6 Å². The monoisotopic (exact) mass is 374 g/mol. The zero-order valence-electron chi connectivity index (χ0n) is 16.0. The van der Waals surface area contributed by atoms with E-state index < -0.39 is 17.3 Å². The van der Waals surface area contributed by atoms with E-state index in [1.54, 1.807) is 14.2 Å². The first kappa shape index (κ1) is 19.6. The lowest BCUT2D eigenvalue weighted by Crippen LogP contribution is -2.48. The van der Waals surface area contributed by atoms with E-state index in [1.807, 2.05) is 24.3 Å². The summed E-state index contributed by atoms with van der Waals surface area (Å²) in [6.45, 7) is 0.335. The Morgan fingerprint density at radius 1 is 1.21 bits per heavy atom. The first-order chi connectivity index (χ1) is 13.6. The highest BCUT2D eigenvalue weighted by atomic mass is 16.5. The maximum Gasteiger partial charge on any atom is 0.189 e. The summed E-state index contributed by atoms with van der Waals surface area (Å²) in [7, 11) is 3.18. The van der Waals surface area contributed by atoms with E-state index in [0.717, 1.165) is 36.0 Å². The van der Waals surface area contributed by atoms with Crippen molar-refractivity contribution in [3.05, 3.63) is 41.0 Å². The predicted molar refractivity (Wildman–Crippen MR) is 102 cm³/mol. The molecule has 28 heavy (non-hydrogen) atoms. The number of fused-ring (bicyclic) bond motifs is 1. The van der Waals surface area contributed by atoms with Gasteiger partial charge in [-0.25, -0.2) is 0 Å². The van der Waals surface area contributed by atoms with Crippen LogP contribution in [0.3, 0.4) is 0 Å². The van der Waals surface area contributed by atoms with E-state index in [9.17, 15) is 15.8 Å². The van der Waals surface area contributed by atoms with E-state index in [0.29, 0.717) is 12.4 Å². The highest BCUT2D eigenvalue weighted by molar-refractivity contribution is 6.00. The Balaban J connectivity index is 2.23. The van der Waals surface area contributed by atoms with Gasteiger partial charge in [-0.2, -0.15) is 15.8 Å². The molecule has 1 aromatic rings. The summed E-state index contributed by atoms with van der Waals surface area (Å²) < 4.78 is 10.7. The molecule has 1 saturated carbocycles. The van der Waals surface area contributed by atoms with Gasteiger partial charge < -0.3 is 14.9 Å². The topological polar surface area (TPSA) is 114 Å². The normalized spacial score (nSPS) is 25.5. The van der Waals surface area contributed by atoms with Crippen molar-refractivity contribution in [3.63, 3.8) is 0 Å². The first-order valence-electron chi connectivity index (χ1n) is 9.24. The molecule has 0 spiro atoms. The lowest BCUT2D eigenvalue weighted by molar-refractivity contribution is 0.181. The van der Waals surface area contributed by atoms with Crippen LogP contribution in [0, 0.1) is 56.7 Å². The standard InChI is InChI=1S/C22H22N4O2/c1-27-11-15-9-14(7-8-19(15)28-2)20-17-6-4-3-5-16(17)18(10-23)21(26)22(20,12-24)13-25/h5,7-9,17-18,20,26H,3-4,6,11H2,1-2H3/t17-,18-,20-/m1/s1. The second-order valence-corrected chi connectivity index (χ2v) is 7.23.